The number of ether oxygens (including phenoxy) is 1. The smallest absolute Gasteiger partial charge is 0.337 e. The highest BCUT2D eigenvalue weighted by Gasteiger charge is 2.05. The molecule has 0 aromatic heterocycles. The Morgan fingerprint density at radius 3 is 2.32 bits per heavy atom. The monoisotopic (exact) mass is 332 g/mol. The molecule has 0 heterocycles. The third-order valence-corrected chi connectivity index (χ3v) is 3.72. The summed E-state index contributed by atoms with van der Waals surface area (Å²) in [7, 11) is 1.33. The van der Waals surface area contributed by atoms with E-state index in [9.17, 15) is 9.59 Å². The summed E-state index contributed by atoms with van der Waals surface area (Å²) in [6.07, 6.45) is 1.51. The predicted octanol–water partition coefficient (Wildman–Crippen LogP) is 3.39. The van der Waals surface area contributed by atoms with E-state index in [1.54, 1.807) is 30.3 Å². The molecule has 3 rings (SSSR count). The summed E-state index contributed by atoms with van der Waals surface area (Å²) in [5.41, 5.74) is 4.25. The third-order valence-electron chi connectivity index (χ3n) is 3.72. The van der Waals surface area contributed by atoms with Crippen molar-refractivity contribution in [1.29, 1.82) is 0 Å². The van der Waals surface area contributed by atoms with E-state index < -0.39 is 5.97 Å². The van der Waals surface area contributed by atoms with E-state index in [-0.39, 0.29) is 5.91 Å². The fourth-order valence-corrected chi connectivity index (χ4v) is 2.38. The van der Waals surface area contributed by atoms with Crippen LogP contribution in [0, 0.1) is 0 Å². The maximum absolute atomic E-state index is 12.2. The number of nitrogens with one attached hydrogen (secondary N) is 1. The first kappa shape index (κ1) is 16.4. The molecular weight excluding hydrogens is 316 g/mol. The Morgan fingerprint density at radius 1 is 0.920 bits per heavy atom. The number of hydrazone groups is 1. The van der Waals surface area contributed by atoms with Crippen LogP contribution in [-0.2, 0) is 4.74 Å². The van der Waals surface area contributed by atoms with Gasteiger partial charge in [-0.15, -0.1) is 0 Å². The van der Waals surface area contributed by atoms with Gasteiger partial charge in [-0.3, -0.25) is 4.79 Å². The molecule has 0 saturated heterocycles. The van der Waals surface area contributed by atoms with Gasteiger partial charge in [-0.2, -0.15) is 5.10 Å². The third kappa shape index (κ3) is 3.90. The molecule has 3 aromatic rings. The second-order valence-electron chi connectivity index (χ2n) is 5.37. The lowest BCUT2D eigenvalue weighted by Crippen LogP contribution is -2.17. The van der Waals surface area contributed by atoms with Gasteiger partial charge in [-0.05, 0) is 40.6 Å². The largest absolute Gasteiger partial charge is 0.465 e. The molecule has 5 heteroatoms. The predicted molar refractivity (Wildman–Crippen MR) is 96.8 cm³/mol. The molecule has 3 aromatic carbocycles. The molecule has 124 valence electrons. The van der Waals surface area contributed by atoms with Gasteiger partial charge in [0.1, 0.15) is 0 Å². The number of carbonyl (C=O) groups is 2. The number of nitrogens with zero attached hydrogens (tertiary/aromatic N) is 1. The zero-order valence-corrected chi connectivity index (χ0v) is 13.6. The lowest BCUT2D eigenvalue weighted by molar-refractivity contribution is 0.0600. The average Bonchev–Trinajstić information content (AvgIpc) is 2.67. The van der Waals surface area contributed by atoms with Crippen LogP contribution in [0.4, 0.5) is 0 Å². The van der Waals surface area contributed by atoms with Crippen molar-refractivity contribution in [2.75, 3.05) is 7.11 Å². The summed E-state index contributed by atoms with van der Waals surface area (Å²) >= 11 is 0. The van der Waals surface area contributed by atoms with Gasteiger partial charge >= 0.3 is 5.97 Å². The van der Waals surface area contributed by atoms with Crippen LogP contribution < -0.4 is 5.43 Å². The Hall–Kier alpha value is -3.47. The van der Waals surface area contributed by atoms with Gasteiger partial charge in [0.25, 0.3) is 5.91 Å². The van der Waals surface area contributed by atoms with Crippen LogP contribution in [0.3, 0.4) is 0 Å². The second-order valence-corrected chi connectivity index (χ2v) is 5.37. The molecule has 25 heavy (non-hydrogen) atoms. The molecule has 1 amide bonds. The van der Waals surface area contributed by atoms with E-state index in [0.29, 0.717) is 11.1 Å². The van der Waals surface area contributed by atoms with Crippen molar-refractivity contribution in [3.63, 3.8) is 0 Å². The van der Waals surface area contributed by atoms with Crippen molar-refractivity contribution in [1.82, 2.24) is 5.43 Å². The van der Waals surface area contributed by atoms with Crippen LogP contribution in [-0.4, -0.2) is 25.2 Å². The molecule has 5 nitrogen and oxygen atoms in total. The molecule has 0 aliphatic heterocycles. The van der Waals surface area contributed by atoms with Crippen LogP contribution in [0.15, 0.2) is 71.8 Å². The molecule has 0 aliphatic rings. The van der Waals surface area contributed by atoms with Gasteiger partial charge in [0.05, 0.1) is 18.9 Å². The Bertz CT molecular complexity index is 947. The van der Waals surface area contributed by atoms with Crippen LogP contribution in [0.1, 0.15) is 26.3 Å². The van der Waals surface area contributed by atoms with Gasteiger partial charge in [0.15, 0.2) is 0 Å². The van der Waals surface area contributed by atoms with E-state index >= 15 is 0 Å². The zero-order valence-electron chi connectivity index (χ0n) is 13.6. The molecule has 0 radical (unpaired) electrons. The van der Waals surface area contributed by atoms with Gasteiger partial charge in [0, 0.05) is 5.56 Å². The number of hydrogen-bond acceptors (Lipinski definition) is 4. The molecule has 0 fully saturated rings. The van der Waals surface area contributed by atoms with E-state index in [1.165, 1.54) is 13.3 Å². The molecule has 0 spiro atoms. The number of carbonyl (C=O) groups excluding carboxylic acids is 2. The van der Waals surface area contributed by atoms with E-state index in [0.717, 1.165) is 16.3 Å². The van der Waals surface area contributed by atoms with Crippen molar-refractivity contribution >= 4 is 28.9 Å². The summed E-state index contributed by atoms with van der Waals surface area (Å²) in [5.74, 6) is -0.679. The number of fused-ring (bicyclic) bond motifs is 1. The summed E-state index contributed by atoms with van der Waals surface area (Å²) in [4.78, 5) is 23.5. The minimum absolute atomic E-state index is 0.284. The van der Waals surface area contributed by atoms with Gasteiger partial charge in [-0.1, -0.05) is 42.5 Å². The van der Waals surface area contributed by atoms with Crippen molar-refractivity contribution in [2.45, 2.75) is 0 Å². The summed E-state index contributed by atoms with van der Waals surface area (Å²) in [6, 6.07) is 20.0. The normalized spacial score (nSPS) is 10.8. The van der Waals surface area contributed by atoms with Crippen molar-refractivity contribution in [2.24, 2.45) is 5.10 Å². The zero-order chi connectivity index (χ0) is 17.6. The highest BCUT2D eigenvalue weighted by molar-refractivity contribution is 5.99. The summed E-state index contributed by atoms with van der Waals surface area (Å²) in [6.45, 7) is 0. The van der Waals surface area contributed by atoms with Gasteiger partial charge < -0.3 is 4.74 Å². The molecular formula is C20H16N2O3. The lowest BCUT2D eigenvalue weighted by Gasteiger charge is -2.02. The number of hydrogen-bond donors (Lipinski definition) is 1. The number of methoxy groups -OCH3 is 1. The van der Waals surface area contributed by atoms with Gasteiger partial charge in [0.2, 0.25) is 0 Å². The average molecular weight is 332 g/mol. The second kappa shape index (κ2) is 7.40. The molecule has 0 bridgehead atoms. The van der Waals surface area contributed by atoms with E-state index in [2.05, 4.69) is 15.3 Å². The minimum Gasteiger partial charge on any atom is -0.465 e. The number of amides is 1. The highest BCUT2D eigenvalue weighted by Crippen LogP contribution is 2.15. The van der Waals surface area contributed by atoms with E-state index in [1.807, 2.05) is 36.4 Å². The van der Waals surface area contributed by atoms with Crippen molar-refractivity contribution in [3.05, 3.63) is 83.4 Å². The number of benzene rings is 3. The standard InChI is InChI=1S/C20H16N2O3/c1-25-20(24)16-8-6-14(7-9-16)13-21-22-19(23)18-11-10-15-4-2-3-5-17(15)12-18/h2-13H,1H3,(H,22,23). The SMILES string of the molecule is COC(=O)c1ccc(C=NNC(=O)c2ccc3ccccc3c2)cc1. The molecule has 1 N–H and O–H groups in total. The maximum atomic E-state index is 12.2. The first-order valence-electron chi connectivity index (χ1n) is 7.68. The molecule has 0 unspecified atom stereocenters. The number of esters is 1. The molecule has 0 aliphatic carbocycles. The number of rotatable bonds is 4. The fourth-order valence-electron chi connectivity index (χ4n) is 2.38. The van der Waals surface area contributed by atoms with Crippen LogP contribution in [0.25, 0.3) is 10.8 Å². The van der Waals surface area contributed by atoms with Crippen LogP contribution >= 0.6 is 0 Å². The fraction of sp³-hybridized carbons (Fsp3) is 0.0500. The lowest BCUT2D eigenvalue weighted by atomic mass is 10.1. The first-order valence-corrected chi connectivity index (χ1v) is 7.68. The highest BCUT2D eigenvalue weighted by atomic mass is 16.5. The van der Waals surface area contributed by atoms with Crippen LogP contribution in [0.5, 0.6) is 0 Å². The molecule has 0 atom stereocenters. The van der Waals surface area contributed by atoms with Crippen LogP contribution in [0.2, 0.25) is 0 Å². The molecule has 0 saturated carbocycles. The Morgan fingerprint density at radius 2 is 1.60 bits per heavy atom. The summed E-state index contributed by atoms with van der Waals surface area (Å²) < 4.78 is 4.64. The topological polar surface area (TPSA) is 67.8 Å². The Labute approximate surface area is 144 Å². The van der Waals surface area contributed by atoms with E-state index in [4.69, 9.17) is 0 Å². The van der Waals surface area contributed by atoms with Crippen molar-refractivity contribution in [3.8, 4) is 0 Å². The Kier molecular flexibility index (Phi) is 4.85. The quantitative estimate of drug-likeness (QED) is 0.452. The van der Waals surface area contributed by atoms with Gasteiger partial charge in [-0.25, -0.2) is 10.2 Å². The Balaban J connectivity index is 1.66. The summed E-state index contributed by atoms with van der Waals surface area (Å²) in [5, 5.41) is 6.03. The minimum atomic E-state index is -0.395. The van der Waals surface area contributed by atoms with Crippen molar-refractivity contribution < 1.29 is 14.3 Å². The first-order chi connectivity index (χ1) is 12.2. The maximum Gasteiger partial charge on any atom is 0.337 e.